The minimum Gasteiger partial charge on any atom is -0.481 e. The number of halogens is 1. The van der Waals surface area contributed by atoms with Crippen LogP contribution in [0.1, 0.15) is 5.56 Å². The van der Waals surface area contributed by atoms with Crippen LogP contribution in [0.4, 0.5) is 0 Å². The van der Waals surface area contributed by atoms with Gasteiger partial charge in [0, 0.05) is 10.6 Å². The fraction of sp³-hybridized carbons (Fsp3) is 0.333. The van der Waals surface area contributed by atoms with Crippen molar-refractivity contribution < 1.29 is 14.3 Å². The third-order valence-corrected chi connectivity index (χ3v) is 4.40. The van der Waals surface area contributed by atoms with Crippen molar-refractivity contribution in [2.45, 2.75) is 18.8 Å². The Morgan fingerprint density at radius 2 is 1.91 bits per heavy atom. The lowest BCUT2D eigenvalue weighted by Gasteiger charge is -2.29. The van der Waals surface area contributed by atoms with Gasteiger partial charge in [-0.15, -0.1) is 0 Å². The van der Waals surface area contributed by atoms with Gasteiger partial charge in [0.2, 0.25) is 0 Å². The second-order valence-electron chi connectivity index (χ2n) is 6.31. The Bertz CT molecular complexity index is 634. The molecule has 1 N–H and O–H groups in total. The van der Waals surface area contributed by atoms with Crippen LogP contribution in [0, 0.1) is 0 Å². The van der Waals surface area contributed by atoms with E-state index in [1.165, 1.54) is 5.56 Å². The van der Waals surface area contributed by atoms with Gasteiger partial charge in [-0.2, -0.15) is 0 Å². The Hall–Kier alpha value is -1.55. The number of hydrogen-bond acceptors (Lipinski definition) is 2. The summed E-state index contributed by atoms with van der Waals surface area (Å²) in [5, 5.41) is 11.0. The predicted octanol–water partition coefficient (Wildman–Crippen LogP) is 3.11. The Morgan fingerprint density at radius 3 is 2.64 bits per heavy atom. The third kappa shape index (κ3) is 3.61. The first-order valence-electron chi connectivity index (χ1n) is 7.52. The molecule has 1 aliphatic rings. The van der Waals surface area contributed by atoms with Gasteiger partial charge in [-0.05, 0) is 18.2 Å². The molecule has 1 aliphatic heterocycles. The number of rotatable bonds is 4. The third-order valence-electron chi connectivity index (χ3n) is 4.17. The van der Waals surface area contributed by atoms with E-state index in [1.54, 1.807) is 6.07 Å². The average Bonchev–Trinajstić information content (AvgIpc) is 2.74. The smallest absolute Gasteiger partial charge is 0.178 e. The van der Waals surface area contributed by atoms with E-state index in [0.717, 1.165) is 17.6 Å². The van der Waals surface area contributed by atoms with Gasteiger partial charge in [0.15, 0.2) is 6.10 Å². The molecule has 22 heavy (non-hydrogen) atoms. The minimum atomic E-state index is -0.465. The number of aliphatic hydroxyl groups is 1. The van der Waals surface area contributed by atoms with Crippen molar-refractivity contribution in [3.8, 4) is 5.75 Å². The van der Waals surface area contributed by atoms with Crippen molar-refractivity contribution in [1.82, 2.24) is 0 Å². The molecule has 0 aromatic heterocycles. The Labute approximate surface area is 136 Å². The van der Waals surface area contributed by atoms with E-state index in [1.807, 2.05) is 36.4 Å². The van der Waals surface area contributed by atoms with E-state index >= 15 is 0 Å². The highest BCUT2D eigenvalue weighted by Crippen LogP contribution is 2.26. The highest BCUT2D eigenvalue weighted by molar-refractivity contribution is 6.30. The SMILES string of the molecule is C[N+]1(Cc2ccccc2)CC(O)C(Oc2cccc(Cl)c2)C1. The highest BCUT2D eigenvalue weighted by atomic mass is 35.5. The number of likely N-dealkylation sites (N-methyl/N-ethyl adjacent to an activating group) is 1. The number of hydrogen-bond donors (Lipinski definition) is 1. The van der Waals surface area contributed by atoms with E-state index in [0.29, 0.717) is 17.3 Å². The van der Waals surface area contributed by atoms with Crippen molar-refractivity contribution in [3.05, 3.63) is 65.2 Å². The fourth-order valence-corrected chi connectivity index (χ4v) is 3.36. The van der Waals surface area contributed by atoms with Crippen LogP contribution in [0.2, 0.25) is 5.02 Å². The highest BCUT2D eigenvalue weighted by Gasteiger charge is 2.43. The summed E-state index contributed by atoms with van der Waals surface area (Å²) in [4.78, 5) is 0. The van der Waals surface area contributed by atoms with Crippen molar-refractivity contribution in [2.75, 3.05) is 20.1 Å². The number of likely N-dealkylation sites (tertiary alicyclic amines) is 1. The molecule has 116 valence electrons. The zero-order valence-corrected chi connectivity index (χ0v) is 13.4. The zero-order chi connectivity index (χ0) is 15.6. The molecule has 1 fully saturated rings. The Balaban J connectivity index is 1.68. The molecular formula is C18H21ClNO2+. The van der Waals surface area contributed by atoms with Gasteiger partial charge >= 0.3 is 0 Å². The molecule has 2 aromatic rings. The topological polar surface area (TPSA) is 29.5 Å². The molecule has 4 heteroatoms. The van der Waals surface area contributed by atoms with Crippen molar-refractivity contribution in [3.63, 3.8) is 0 Å². The normalized spacial score (nSPS) is 27.8. The van der Waals surface area contributed by atoms with Gasteiger partial charge in [-0.1, -0.05) is 48.0 Å². The van der Waals surface area contributed by atoms with Crippen molar-refractivity contribution in [2.24, 2.45) is 0 Å². The number of benzene rings is 2. The van der Waals surface area contributed by atoms with Gasteiger partial charge in [0.25, 0.3) is 0 Å². The molecule has 3 unspecified atom stereocenters. The van der Waals surface area contributed by atoms with Gasteiger partial charge < -0.3 is 14.3 Å². The average molecular weight is 319 g/mol. The van der Waals surface area contributed by atoms with Crippen LogP contribution >= 0.6 is 11.6 Å². The lowest BCUT2D eigenvalue weighted by molar-refractivity contribution is -0.913. The van der Waals surface area contributed by atoms with Gasteiger partial charge in [0.1, 0.15) is 31.5 Å². The molecular weight excluding hydrogens is 298 g/mol. The van der Waals surface area contributed by atoms with Crippen LogP contribution in [0.25, 0.3) is 0 Å². The van der Waals surface area contributed by atoms with Crippen LogP contribution in [-0.4, -0.2) is 41.9 Å². The fourth-order valence-electron chi connectivity index (χ4n) is 3.18. The summed E-state index contributed by atoms with van der Waals surface area (Å²) >= 11 is 5.98. The van der Waals surface area contributed by atoms with Crippen LogP contribution in [-0.2, 0) is 6.54 Å². The van der Waals surface area contributed by atoms with Crippen LogP contribution < -0.4 is 4.74 Å². The Kier molecular flexibility index (Phi) is 4.39. The van der Waals surface area contributed by atoms with Gasteiger partial charge in [0.05, 0.1) is 7.05 Å². The maximum absolute atomic E-state index is 10.4. The van der Waals surface area contributed by atoms with E-state index in [2.05, 4.69) is 19.2 Å². The number of ether oxygens (including phenoxy) is 1. The Morgan fingerprint density at radius 1 is 1.14 bits per heavy atom. The lowest BCUT2D eigenvalue weighted by atomic mass is 10.2. The van der Waals surface area contributed by atoms with Crippen LogP contribution in [0.3, 0.4) is 0 Å². The predicted molar refractivity (Wildman–Crippen MR) is 87.9 cm³/mol. The summed E-state index contributed by atoms with van der Waals surface area (Å²) < 4.78 is 6.73. The molecule has 2 aromatic carbocycles. The van der Waals surface area contributed by atoms with Crippen molar-refractivity contribution >= 4 is 11.6 Å². The van der Waals surface area contributed by atoms with E-state index in [4.69, 9.17) is 16.3 Å². The molecule has 0 aliphatic carbocycles. The lowest BCUT2D eigenvalue weighted by Crippen LogP contribution is -2.42. The maximum atomic E-state index is 10.4. The van der Waals surface area contributed by atoms with E-state index in [9.17, 15) is 5.11 Å². The molecule has 0 saturated carbocycles. The first-order valence-corrected chi connectivity index (χ1v) is 7.90. The zero-order valence-electron chi connectivity index (χ0n) is 12.7. The van der Waals surface area contributed by atoms with E-state index in [-0.39, 0.29) is 6.10 Å². The van der Waals surface area contributed by atoms with Crippen LogP contribution in [0.15, 0.2) is 54.6 Å². The van der Waals surface area contributed by atoms with Crippen LogP contribution in [0.5, 0.6) is 5.75 Å². The molecule has 1 heterocycles. The van der Waals surface area contributed by atoms with E-state index < -0.39 is 6.10 Å². The standard InChI is InChI=1S/C18H21ClNO2/c1-20(11-14-6-3-2-4-7-14)12-17(21)18(13-20)22-16-9-5-8-15(19)10-16/h2-10,17-18,21H,11-13H2,1H3/q+1. The summed E-state index contributed by atoms with van der Waals surface area (Å²) in [5.41, 5.74) is 1.28. The molecule has 3 atom stereocenters. The van der Waals surface area contributed by atoms with Gasteiger partial charge in [-0.25, -0.2) is 0 Å². The summed E-state index contributed by atoms with van der Waals surface area (Å²) in [6.45, 7) is 2.37. The summed E-state index contributed by atoms with van der Waals surface area (Å²) in [7, 11) is 2.16. The molecule has 0 spiro atoms. The summed E-state index contributed by atoms with van der Waals surface area (Å²) in [5.74, 6) is 0.713. The first-order chi connectivity index (χ1) is 10.5. The quantitative estimate of drug-likeness (QED) is 0.878. The maximum Gasteiger partial charge on any atom is 0.178 e. The molecule has 3 nitrogen and oxygen atoms in total. The summed E-state index contributed by atoms with van der Waals surface area (Å²) in [6, 6.07) is 17.7. The molecule has 0 radical (unpaired) electrons. The second-order valence-corrected chi connectivity index (χ2v) is 6.75. The number of aliphatic hydroxyl groups excluding tert-OH is 1. The molecule has 1 saturated heterocycles. The minimum absolute atomic E-state index is 0.202. The largest absolute Gasteiger partial charge is 0.481 e. The monoisotopic (exact) mass is 318 g/mol. The number of nitrogens with zero attached hydrogens (tertiary/aromatic N) is 1. The first kappa shape index (κ1) is 15.3. The van der Waals surface area contributed by atoms with Crippen molar-refractivity contribution in [1.29, 1.82) is 0 Å². The molecule has 3 rings (SSSR count). The summed E-state index contributed by atoms with van der Waals surface area (Å²) in [6.07, 6.45) is -0.667. The van der Waals surface area contributed by atoms with Gasteiger partial charge in [-0.3, -0.25) is 0 Å². The number of quaternary nitrogens is 1. The molecule has 0 bridgehead atoms. The molecule has 0 amide bonds. The second kappa shape index (κ2) is 6.29.